The Hall–Kier alpha value is -0.950. The van der Waals surface area contributed by atoms with Gasteiger partial charge in [0.1, 0.15) is 0 Å². The number of hydrogen-bond acceptors (Lipinski definition) is 3. The molecular weight excluding hydrogens is 278 g/mol. The van der Waals surface area contributed by atoms with Crippen molar-refractivity contribution in [2.45, 2.75) is 69.8 Å². The third kappa shape index (κ3) is 2.61. The molecular formula is C17H25N3S. The number of imidazole rings is 1. The predicted molar refractivity (Wildman–Crippen MR) is 86.3 cm³/mol. The lowest BCUT2D eigenvalue weighted by atomic mass is 9.84. The van der Waals surface area contributed by atoms with Gasteiger partial charge in [-0.05, 0) is 64.7 Å². The van der Waals surface area contributed by atoms with Gasteiger partial charge in [-0.1, -0.05) is 18.2 Å². The lowest BCUT2D eigenvalue weighted by Crippen LogP contribution is -2.23. The van der Waals surface area contributed by atoms with E-state index in [1.54, 1.807) is 11.8 Å². The zero-order chi connectivity index (χ0) is 15.1. The SMILES string of the molecule is Cc1nc(S[C@H](C)C#N)n([C@H](C)[C@H]2C[C@H]3CC[C@H]2C3)c1C. The van der Waals surface area contributed by atoms with Crippen molar-refractivity contribution in [2.24, 2.45) is 17.8 Å². The summed E-state index contributed by atoms with van der Waals surface area (Å²) in [4.78, 5) is 4.73. The van der Waals surface area contributed by atoms with Crippen molar-refractivity contribution in [1.82, 2.24) is 9.55 Å². The maximum atomic E-state index is 9.09. The zero-order valence-corrected chi connectivity index (χ0v) is 14.3. The standard InChI is InChI=1S/C17H25N3S/c1-10(9-18)21-17-19-11(2)12(3)20(17)13(4)16-8-14-5-6-15(16)7-14/h10,13-16H,5-8H2,1-4H3/t10-,13-,14+,15+,16-/m1/s1. The largest absolute Gasteiger partial charge is 0.320 e. The number of aryl methyl sites for hydroxylation is 1. The van der Waals surface area contributed by atoms with E-state index >= 15 is 0 Å². The molecule has 2 saturated carbocycles. The van der Waals surface area contributed by atoms with Gasteiger partial charge in [-0.25, -0.2) is 4.98 Å². The molecule has 5 atom stereocenters. The average Bonchev–Trinajstić information content (AvgIpc) is 3.14. The molecule has 0 amide bonds. The summed E-state index contributed by atoms with van der Waals surface area (Å²) in [7, 11) is 0. The molecule has 0 N–H and O–H groups in total. The number of nitrogens with zero attached hydrogens (tertiary/aromatic N) is 3. The van der Waals surface area contributed by atoms with E-state index in [9.17, 15) is 0 Å². The highest BCUT2D eigenvalue weighted by atomic mass is 32.2. The van der Waals surface area contributed by atoms with E-state index in [4.69, 9.17) is 10.2 Å². The number of nitriles is 1. The van der Waals surface area contributed by atoms with E-state index < -0.39 is 0 Å². The van der Waals surface area contributed by atoms with Gasteiger partial charge in [0.2, 0.25) is 0 Å². The molecule has 0 aromatic carbocycles. The first-order chi connectivity index (χ1) is 10.0. The van der Waals surface area contributed by atoms with Crippen LogP contribution in [-0.2, 0) is 0 Å². The minimum atomic E-state index is -0.0443. The molecule has 4 heteroatoms. The molecule has 1 aromatic rings. The molecule has 2 aliphatic rings. The molecule has 1 heterocycles. The molecule has 0 saturated heterocycles. The normalized spacial score (nSPS) is 30.3. The van der Waals surface area contributed by atoms with Crippen molar-refractivity contribution in [3.8, 4) is 6.07 Å². The Balaban J connectivity index is 1.88. The summed E-state index contributed by atoms with van der Waals surface area (Å²) in [6, 6.07) is 2.82. The molecule has 2 bridgehead atoms. The molecule has 1 aromatic heterocycles. The second-order valence-electron chi connectivity index (χ2n) is 6.90. The van der Waals surface area contributed by atoms with Crippen LogP contribution in [0.4, 0.5) is 0 Å². The fraction of sp³-hybridized carbons (Fsp3) is 0.765. The summed E-state index contributed by atoms with van der Waals surface area (Å²) < 4.78 is 2.42. The van der Waals surface area contributed by atoms with Crippen LogP contribution in [0.15, 0.2) is 5.16 Å². The first-order valence-corrected chi connectivity index (χ1v) is 9.01. The Kier molecular flexibility index (Phi) is 4.05. The maximum absolute atomic E-state index is 9.09. The zero-order valence-electron chi connectivity index (χ0n) is 13.5. The van der Waals surface area contributed by atoms with Crippen LogP contribution in [0, 0.1) is 42.9 Å². The van der Waals surface area contributed by atoms with Crippen LogP contribution in [0.2, 0.25) is 0 Å². The second-order valence-corrected chi connectivity index (χ2v) is 8.21. The van der Waals surface area contributed by atoms with Gasteiger partial charge in [-0.15, -0.1) is 0 Å². The second kappa shape index (κ2) is 5.68. The van der Waals surface area contributed by atoms with Crippen molar-refractivity contribution in [2.75, 3.05) is 0 Å². The average molecular weight is 303 g/mol. The number of hydrogen-bond donors (Lipinski definition) is 0. The van der Waals surface area contributed by atoms with Crippen molar-refractivity contribution in [1.29, 1.82) is 5.26 Å². The van der Waals surface area contributed by atoms with E-state index in [0.29, 0.717) is 6.04 Å². The van der Waals surface area contributed by atoms with Crippen molar-refractivity contribution < 1.29 is 0 Å². The van der Waals surface area contributed by atoms with E-state index in [0.717, 1.165) is 28.6 Å². The molecule has 3 rings (SSSR count). The summed E-state index contributed by atoms with van der Waals surface area (Å²) in [5.41, 5.74) is 2.38. The van der Waals surface area contributed by atoms with Crippen LogP contribution in [0.25, 0.3) is 0 Å². The van der Waals surface area contributed by atoms with E-state index in [1.165, 1.54) is 31.4 Å². The quantitative estimate of drug-likeness (QED) is 0.769. The van der Waals surface area contributed by atoms with E-state index in [2.05, 4.69) is 31.4 Å². The molecule has 0 aliphatic heterocycles. The van der Waals surface area contributed by atoms with Crippen molar-refractivity contribution >= 4 is 11.8 Å². The van der Waals surface area contributed by atoms with Gasteiger partial charge in [-0.2, -0.15) is 5.26 Å². The summed E-state index contributed by atoms with van der Waals surface area (Å²) in [5, 5.41) is 10.1. The molecule has 2 fully saturated rings. The van der Waals surface area contributed by atoms with Gasteiger partial charge >= 0.3 is 0 Å². The lowest BCUT2D eigenvalue weighted by Gasteiger charge is -2.30. The summed E-state index contributed by atoms with van der Waals surface area (Å²) in [6.45, 7) is 8.57. The van der Waals surface area contributed by atoms with E-state index in [-0.39, 0.29) is 5.25 Å². The number of thioether (sulfide) groups is 1. The predicted octanol–water partition coefficient (Wildman–Crippen LogP) is 4.50. The maximum Gasteiger partial charge on any atom is 0.169 e. The van der Waals surface area contributed by atoms with E-state index in [1.807, 2.05) is 6.92 Å². The third-order valence-corrected chi connectivity index (χ3v) is 6.60. The fourth-order valence-corrected chi connectivity index (χ4v) is 5.39. The Bertz CT molecular complexity index is 571. The molecule has 2 aliphatic carbocycles. The number of fused-ring (bicyclic) bond motifs is 2. The van der Waals surface area contributed by atoms with Gasteiger partial charge < -0.3 is 4.57 Å². The van der Waals surface area contributed by atoms with Gasteiger partial charge in [0.25, 0.3) is 0 Å². The molecule has 0 radical (unpaired) electrons. The summed E-state index contributed by atoms with van der Waals surface area (Å²) >= 11 is 1.60. The highest BCUT2D eigenvalue weighted by Gasteiger charge is 2.43. The monoisotopic (exact) mass is 303 g/mol. The Morgan fingerprint density at radius 3 is 2.62 bits per heavy atom. The lowest BCUT2D eigenvalue weighted by molar-refractivity contribution is 0.232. The van der Waals surface area contributed by atoms with Crippen molar-refractivity contribution in [3.05, 3.63) is 11.4 Å². The minimum absolute atomic E-state index is 0.0443. The molecule has 0 unspecified atom stereocenters. The van der Waals surface area contributed by atoms with Gasteiger partial charge in [0.05, 0.1) is 17.0 Å². The molecule has 114 valence electrons. The molecule has 21 heavy (non-hydrogen) atoms. The highest BCUT2D eigenvalue weighted by molar-refractivity contribution is 8.00. The smallest absolute Gasteiger partial charge is 0.169 e. The van der Waals surface area contributed by atoms with Gasteiger partial charge in [0, 0.05) is 11.7 Å². The van der Waals surface area contributed by atoms with Crippen molar-refractivity contribution in [3.63, 3.8) is 0 Å². The Morgan fingerprint density at radius 2 is 2.05 bits per heavy atom. The van der Waals surface area contributed by atoms with Crippen LogP contribution >= 0.6 is 11.8 Å². The van der Waals surface area contributed by atoms with Crippen LogP contribution in [0.3, 0.4) is 0 Å². The first-order valence-electron chi connectivity index (χ1n) is 8.13. The fourth-order valence-electron chi connectivity index (χ4n) is 4.42. The molecule has 0 spiro atoms. The van der Waals surface area contributed by atoms with Crippen LogP contribution in [0.1, 0.15) is 57.0 Å². The van der Waals surface area contributed by atoms with Crippen LogP contribution < -0.4 is 0 Å². The number of rotatable bonds is 4. The van der Waals surface area contributed by atoms with Gasteiger partial charge in [-0.3, -0.25) is 0 Å². The first kappa shape index (κ1) is 15.0. The summed E-state index contributed by atoms with van der Waals surface area (Å²) in [6.07, 6.45) is 5.70. The molecule has 3 nitrogen and oxygen atoms in total. The summed E-state index contributed by atoms with van der Waals surface area (Å²) in [5.74, 6) is 2.69. The Morgan fingerprint density at radius 1 is 1.29 bits per heavy atom. The van der Waals surface area contributed by atoms with Gasteiger partial charge in [0.15, 0.2) is 5.16 Å². The van der Waals surface area contributed by atoms with Crippen LogP contribution in [-0.4, -0.2) is 14.8 Å². The third-order valence-electron chi connectivity index (χ3n) is 5.64. The van der Waals surface area contributed by atoms with Crippen LogP contribution in [0.5, 0.6) is 0 Å². The number of aromatic nitrogens is 2. The highest BCUT2D eigenvalue weighted by Crippen LogP contribution is 2.52. The minimum Gasteiger partial charge on any atom is -0.320 e. The Labute approximate surface area is 132 Å². The topological polar surface area (TPSA) is 41.6 Å².